The molecule has 0 amide bonds. The third-order valence-corrected chi connectivity index (χ3v) is 6.54. The van der Waals surface area contributed by atoms with Gasteiger partial charge in [-0.2, -0.15) is 5.10 Å². The fourth-order valence-corrected chi connectivity index (χ4v) is 4.71. The molecular weight excluding hydrogens is 452 g/mol. The summed E-state index contributed by atoms with van der Waals surface area (Å²) in [6.45, 7) is 8.11. The molecule has 0 radical (unpaired) electrons. The quantitative estimate of drug-likeness (QED) is 0.391. The van der Waals surface area contributed by atoms with Crippen LogP contribution < -0.4 is 0 Å². The van der Waals surface area contributed by atoms with Crippen LogP contribution in [-0.4, -0.2) is 27.2 Å². The van der Waals surface area contributed by atoms with Crippen LogP contribution in [0, 0.1) is 0 Å². The fraction of sp³-hybridized carbons (Fsp3) is 0.238. The van der Waals surface area contributed by atoms with E-state index in [-0.39, 0.29) is 10.9 Å². The van der Waals surface area contributed by atoms with E-state index in [9.17, 15) is 8.42 Å². The Morgan fingerprint density at radius 2 is 1.76 bits per heavy atom. The molecule has 0 aliphatic heterocycles. The van der Waals surface area contributed by atoms with Crippen molar-refractivity contribution in [2.45, 2.75) is 38.6 Å². The van der Waals surface area contributed by atoms with Gasteiger partial charge in [-0.15, -0.1) is 0 Å². The summed E-state index contributed by atoms with van der Waals surface area (Å²) < 4.78 is 29.7. The van der Waals surface area contributed by atoms with Crippen molar-refractivity contribution < 1.29 is 8.42 Å². The van der Waals surface area contributed by atoms with Gasteiger partial charge in [0.15, 0.2) is 5.65 Å². The summed E-state index contributed by atoms with van der Waals surface area (Å²) in [6, 6.07) is 12.2. The largest absolute Gasteiger partial charge is 0.269 e. The summed E-state index contributed by atoms with van der Waals surface area (Å²) in [5, 5.41) is 5.33. The van der Waals surface area contributed by atoms with E-state index in [1.807, 2.05) is 30.8 Å². The summed E-state index contributed by atoms with van der Waals surface area (Å²) in [4.78, 5) is 4.65. The minimum atomic E-state index is -3.69. The Bertz CT molecular complexity index is 1230. The van der Waals surface area contributed by atoms with Gasteiger partial charge < -0.3 is 0 Å². The lowest BCUT2D eigenvalue weighted by atomic mass is 10.2. The average Bonchev–Trinajstić information content (AvgIpc) is 3.33. The topological polar surface area (TPSA) is 69.8 Å². The highest BCUT2D eigenvalue weighted by molar-refractivity contribution is 9.10. The van der Waals surface area contributed by atoms with Gasteiger partial charge in [-0.25, -0.2) is 17.4 Å². The number of rotatable bonds is 4. The van der Waals surface area contributed by atoms with Gasteiger partial charge in [-0.3, -0.25) is 4.68 Å². The first kappa shape index (κ1) is 21.3. The molecule has 4 rings (SSSR count). The van der Waals surface area contributed by atoms with Crippen molar-refractivity contribution in [1.82, 2.24) is 18.7 Å². The number of fused-ring (bicyclic) bond motifs is 1. The molecule has 3 aromatic heterocycles. The molecule has 6 nitrogen and oxygen atoms in total. The summed E-state index contributed by atoms with van der Waals surface area (Å²) in [5.74, 6) is 0. The van der Waals surface area contributed by atoms with Crippen molar-refractivity contribution in [3.8, 4) is 11.3 Å². The minimum Gasteiger partial charge on any atom is -0.268 e. The molecular formula is C21H23BrN4O2S. The van der Waals surface area contributed by atoms with Crippen LogP contribution in [0.4, 0.5) is 0 Å². The zero-order valence-corrected chi connectivity index (χ0v) is 19.1. The molecule has 0 unspecified atom stereocenters. The van der Waals surface area contributed by atoms with Gasteiger partial charge in [0.1, 0.15) is 5.69 Å². The van der Waals surface area contributed by atoms with Crippen LogP contribution in [0.15, 0.2) is 70.4 Å². The van der Waals surface area contributed by atoms with Crippen LogP contribution >= 0.6 is 15.9 Å². The summed E-state index contributed by atoms with van der Waals surface area (Å²) in [6.07, 6.45) is 5.11. The number of nitrogens with zero attached hydrogens (tertiary/aromatic N) is 4. The molecule has 0 N–H and O–H groups in total. The number of hydrogen-bond acceptors (Lipinski definition) is 4. The lowest BCUT2D eigenvalue weighted by Gasteiger charge is -2.07. The number of hydrogen-bond donors (Lipinski definition) is 0. The predicted octanol–water partition coefficient (Wildman–Crippen LogP) is 5.51. The van der Waals surface area contributed by atoms with Crippen molar-refractivity contribution in [1.29, 1.82) is 0 Å². The maximum absolute atomic E-state index is 12.9. The van der Waals surface area contributed by atoms with Crippen molar-refractivity contribution in [3.05, 3.63) is 65.5 Å². The predicted molar refractivity (Wildman–Crippen MR) is 119 cm³/mol. The molecule has 0 saturated heterocycles. The molecule has 1 aromatic carbocycles. The Hall–Kier alpha value is -2.45. The number of pyridine rings is 1. The van der Waals surface area contributed by atoms with E-state index in [4.69, 9.17) is 0 Å². The van der Waals surface area contributed by atoms with Gasteiger partial charge in [0.2, 0.25) is 0 Å². The maximum atomic E-state index is 12.9. The third kappa shape index (κ3) is 4.00. The molecule has 0 spiro atoms. The van der Waals surface area contributed by atoms with Gasteiger partial charge in [-0.05, 0) is 54.0 Å². The highest BCUT2D eigenvalue weighted by Crippen LogP contribution is 2.30. The van der Waals surface area contributed by atoms with Gasteiger partial charge >= 0.3 is 0 Å². The van der Waals surface area contributed by atoms with Crippen LogP contribution in [0.25, 0.3) is 22.3 Å². The van der Waals surface area contributed by atoms with E-state index in [1.165, 1.54) is 10.2 Å². The standard InChI is InChI=1S/C19H17BrN4O2S.C2H6/c1-13(2)23-12-17(20)18(22-23)15-10-14-8-9-24(19(14)21-11-15)27(25,26)16-6-4-3-5-7-16;1-2/h3-13H,1-2H3;1-2H3. The molecule has 3 heterocycles. The van der Waals surface area contributed by atoms with Crippen LogP contribution in [0.5, 0.6) is 0 Å². The first-order valence-corrected chi connectivity index (χ1v) is 11.6. The van der Waals surface area contributed by atoms with E-state index in [0.717, 1.165) is 21.1 Å². The van der Waals surface area contributed by atoms with Gasteiger partial charge in [0.25, 0.3) is 10.0 Å². The Labute approximate surface area is 179 Å². The first-order valence-electron chi connectivity index (χ1n) is 9.40. The monoisotopic (exact) mass is 474 g/mol. The number of aromatic nitrogens is 4. The van der Waals surface area contributed by atoms with E-state index >= 15 is 0 Å². The summed E-state index contributed by atoms with van der Waals surface area (Å²) in [7, 11) is -3.69. The Balaban J connectivity index is 0.00000117. The van der Waals surface area contributed by atoms with Gasteiger partial charge in [0.05, 0.1) is 9.37 Å². The van der Waals surface area contributed by atoms with E-state index in [1.54, 1.807) is 42.6 Å². The number of halogens is 1. The van der Waals surface area contributed by atoms with Crippen molar-refractivity contribution in [2.75, 3.05) is 0 Å². The Morgan fingerprint density at radius 1 is 1.07 bits per heavy atom. The Kier molecular flexibility index (Phi) is 6.24. The molecule has 4 aromatic rings. The van der Waals surface area contributed by atoms with Gasteiger partial charge in [0, 0.05) is 35.6 Å². The summed E-state index contributed by atoms with van der Waals surface area (Å²) in [5.41, 5.74) is 1.99. The van der Waals surface area contributed by atoms with Crippen molar-refractivity contribution in [2.24, 2.45) is 0 Å². The van der Waals surface area contributed by atoms with Crippen LogP contribution in [-0.2, 0) is 10.0 Å². The highest BCUT2D eigenvalue weighted by atomic mass is 79.9. The average molecular weight is 475 g/mol. The number of benzene rings is 1. The van der Waals surface area contributed by atoms with E-state index in [0.29, 0.717) is 5.65 Å². The van der Waals surface area contributed by atoms with Crippen molar-refractivity contribution in [3.63, 3.8) is 0 Å². The van der Waals surface area contributed by atoms with Crippen molar-refractivity contribution >= 4 is 37.0 Å². The second-order valence-electron chi connectivity index (χ2n) is 6.47. The molecule has 0 fully saturated rings. The first-order chi connectivity index (χ1) is 13.9. The minimum absolute atomic E-state index is 0.229. The lowest BCUT2D eigenvalue weighted by Crippen LogP contribution is -2.12. The second kappa shape index (κ2) is 8.51. The molecule has 8 heteroatoms. The van der Waals surface area contributed by atoms with Crippen LogP contribution in [0.3, 0.4) is 0 Å². The molecule has 0 atom stereocenters. The molecule has 0 saturated carbocycles. The van der Waals surface area contributed by atoms with Gasteiger partial charge in [-0.1, -0.05) is 32.0 Å². The van der Waals surface area contributed by atoms with E-state index in [2.05, 4.69) is 39.9 Å². The molecule has 0 bridgehead atoms. The third-order valence-electron chi connectivity index (χ3n) is 4.28. The smallest absolute Gasteiger partial charge is 0.268 e. The second-order valence-corrected chi connectivity index (χ2v) is 9.14. The Morgan fingerprint density at radius 3 is 2.38 bits per heavy atom. The zero-order valence-electron chi connectivity index (χ0n) is 16.7. The van der Waals surface area contributed by atoms with Crippen LogP contribution in [0.2, 0.25) is 0 Å². The lowest BCUT2D eigenvalue weighted by molar-refractivity contribution is 0.534. The molecule has 0 aliphatic carbocycles. The zero-order chi connectivity index (χ0) is 21.2. The normalized spacial score (nSPS) is 11.5. The van der Waals surface area contributed by atoms with E-state index < -0.39 is 10.0 Å². The fourth-order valence-electron chi connectivity index (χ4n) is 2.86. The molecule has 29 heavy (non-hydrogen) atoms. The summed E-state index contributed by atoms with van der Waals surface area (Å²) >= 11 is 3.54. The van der Waals surface area contributed by atoms with Crippen LogP contribution in [0.1, 0.15) is 33.7 Å². The molecule has 152 valence electrons. The molecule has 0 aliphatic rings. The SMILES string of the molecule is CC.CC(C)n1cc(Br)c(-c2cnc3c(ccn3S(=O)(=O)c3ccccc3)c2)n1. The maximum Gasteiger partial charge on any atom is 0.269 e. The highest BCUT2D eigenvalue weighted by Gasteiger charge is 2.20.